The van der Waals surface area contributed by atoms with Crippen molar-refractivity contribution < 1.29 is 19.1 Å². The lowest BCUT2D eigenvalue weighted by Crippen LogP contribution is -2.30. The summed E-state index contributed by atoms with van der Waals surface area (Å²) in [7, 11) is 0. The minimum absolute atomic E-state index is 0.238. The van der Waals surface area contributed by atoms with Crippen molar-refractivity contribution in [3.05, 3.63) is 56.8 Å². The van der Waals surface area contributed by atoms with Gasteiger partial charge >= 0.3 is 5.97 Å². The molecule has 6 heteroatoms. The van der Waals surface area contributed by atoms with Crippen molar-refractivity contribution in [3.8, 4) is 0 Å². The molecule has 1 aromatic carbocycles. The van der Waals surface area contributed by atoms with Crippen LogP contribution in [0.4, 0.5) is 0 Å². The largest absolute Gasteiger partial charge is 0.462 e. The fourth-order valence-corrected chi connectivity index (χ4v) is 4.97. The molecule has 0 saturated heterocycles. The maximum atomic E-state index is 12.3. The molecular weight excluding hydrogens is 374 g/mol. The normalized spacial score (nSPS) is 15.9. The van der Waals surface area contributed by atoms with Crippen LogP contribution in [0.3, 0.4) is 0 Å². The molecule has 146 valence electrons. The van der Waals surface area contributed by atoms with Gasteiger partial charge in [0.05, 0.1) is 17.7 Å². The Morgan fingerprint density at radius 1 is 1.00 bits per heavy atom. The van der Waals surface area contributed by atoms with E-state index >= 15 is 0 Å². The van der Waals surface area contributed by atoms with E-state index in [0.717, 1.165) is 12.8 Å². The predicted octanol–water partition coefficient (Wildman–Crippen LogP) is 4.25. The quantitative estimate of drug-likeness (QED) is 0.316. The van der Waals surface area contributed by atoms with Gasteiger partial charge in [-0.2, -0.15) is 0 Å². The van der Waals surface area contributed by atoms with E-state index in [1.807, 2.05) is 6.07 Å². The van der Waals surface area contributed by atoms with Gasteiger partial charge in [0.25, 0.3) is 11.8 Å². The van der Waals surface area contributed by atoms with E-state index in [4.69, 9.17) is 4.74 Å². The summed E-state index contributed by atoms with van der Waals surface area (Å²) in [6.07, 6.45) is 6.99. The summed E-state index contributed by atoms with van der Waals surface area (Å²) in [6, 6.07) is 8.88. The molecule has 0 bridgehead atoms. The Hall–Kier alpha value is -2.47. The van der Waals surface area contributed by atoms with E-state index in [-0.39, 0.29) is 17.8 Å². The molecule has 2 aromatic rings. The summed E-state index contributed by atoms with van der Waals surface area (Å²) in [6.45, 7) is 0.641. The highest BCUT2D eigenvalue weighted by molar-refractivity contribution is 7.14. The van der Waals surface area contributed by atoms with Crippen LogP contribution < -0.4 is 0 Å². The number of amides is 2. The zero-order chi connectivity index (χ0) is 19.5. The number of carbonyl (C=O) groups is 3. The Bertz CT molecular complexity index is 859. The van der Waals surface area contributed by atoms with Gasteiger partial charge in [-0.1, -0.05) is 18.6 Å². The fourth-order valence-electron chi connectivity index (χ4n) is 3.82. The number of carbonyl (C=O) groups excluding carboxylic acids is 3. The summed E-state index contributed by atoms with van der Waals surface area (Å²) in [5, 5.41) is 0. The van der Waals surface area contributed by atoms with Gasteiger partial charge in [0.2, 0.25) is 0 Å². The van der Waals surface area contributed by atoms with Crippen LogP contribution in [0.2, 0.25) is 0 Å². The monoisotopic (exact) mass is 397 g/mol. The second kappa shape index (κ2) is 8.27. The van der Waals surface area contributed by atoms with E-state index in [1.54, 1.807) is 35.6 Å². The van der Waals surface area contributed by atoms with Crippen molar-refractivity contribution in [1.29, 1.82) is 0 Å². The van der Waals surface area contributed by atoms with Crippen molar-refractivity contribution in [2.45, 2.75) is 44.9 Å². The lowest BCUT2D eigenvalue weighted by atomic mass is 10.1. The van der Waals surface area contributed by atoms with Gasteiger partial charge in [-0.3, -0.25) is 14.5 Å². The molecule has 5 nitrogen and oxygen atoms in total. The maximum absolute atomic E-state index is 12.3. The molecule has 1 aromatic heterocycles. The molecular formula is C22H23NO4S. The molecule has 0 fully saturated rings. The van der Waals surface area contributed by atoms with Crippen LogP contribution >= 0.6 is 11.3 Å². The lowest BCUT2D eigenvalue weighted by Gasteiger charge is -2.13. The van der Waals surface area contributed by atoms with E-state index in [0.29, 0.717) is 42.0 Å². The van der Waals surface area contributed by atoms with Crippen LogP contribution in [-0.4, -0.2) is 35.8 Å². The number of ether oxygens (including phenoxy) is 1. The summed E-state index contributed by atoms with van der Waals surface area (Å²) < 4.78 is 5.40. The Morgan fingerprint density at radius 2 is 1.71 bits per heavy atom. The molecule has 0 spiro atoms. The number of unbranched alkanes of at least 4 members (excludes halogenated alkanes) is 1. The number of aryl methyl sites for hydroxylation is 2. The molecule has 2 heterocycles. The molecule has 0 atom stereocenters. The van der Waals surface area contributed by atoms with Crippen molar-refractivity contribution in [1.82, 2.24) is 4.90 Å². The number of rotatable bonds is 6. The highest BCUT2D eigenvalue weighted by Gasteiger charge is 2.34. The first-order valence-electron chi connectivity index (χ1n) is 9.89. The molecule has 0 radical (unpaired) electrons. The van der Waals surface area contributed by atoms with E-state index in [9.17, 15) is 14.4 Å². The van der Waals surface area contributed by atoms with Gasteiger partial charge < -0.3 is 4.74 Å². The topological polar surface area (TPSA) is 63.7 Å². The SMILES string of the molecule is O=C(OCCCCN1C(=O)c2ccccc2C1=O)c1cc2c(s1)CCCCC2. The third-order valence-electron chi connectivity index (χ3n) is 5.34. The lowest BCUT2D eigenvalue weighted by molar-refractivity contribution is 0.0491. The summed E-state index contributed by atoms with van der Waals surface area (Å²) in [5.41, 5.74) is 2.24. The molecule has 28 heavy (non-hydrogen) atoms. The van der Waals surface area contributed by atoms with Crippen LogP contribution in [0, 0.1) is 0 Å². The smallest absolute Gasteiger partial charge is 0.348 e. The number of hydrogen-bond acceptors (Lipinski definition) is 5. The highest BCUT2D eigenvalue weighted by atomic mass is 32.1. The van der Waals surface area contributed by atoms with Crippen LogP contribution in [0.25, 0.3) is 0 Å². The van der Waals surface area contributed by atoms with Crippen LogP contribution in [0.1, 0.15) is 72.9 Å². The standard InChI is InChI=1S/C22H23NO4S/c24-20-16-9-4-5-10-17(16)21(25)23(20)12-6-7-13-27-22(26)19-14-15-8-2-1-3-11-18(15)28-19/h4-5,9-10,14H,1-3,6-8,11-13H2. The second-order valence-electron chi connectivity index (χ2n) is 7.27. The van der Waals surface area contributed by atoms with Crippen LogP contribution in [0.15, 0.2) is 30.3 Å². The molecule has 1 aliphatic carbocycles. The third kappa shape index (κ3) is 3.74. The Morgan fingerprint density at radius 3 is 2.46 bits per heavy atom. The summed E-state index contributed by atoms with van der Waals surface area (Å²) in [4.78, 5) is 40.2. The molecule has 1 aliphatic heterocycles. The zero-order valence-electron chi connectivity index (χ0n) is 15.7. The van der Waals surface area contributed by atoms with E-state index in [2.05, 4.69) is 0 Å². The Labute approximate surface area is 168 Å². The maximum Gasteiger partial charge on any atom is 0.348 e. The zero-order valence-corrected chi connectivity index (χ0v) is 16.6. The summed E-state index contributed by atoms with van der Waals surface area (Å²) >= 11 is 1.56. The summed E-state index contributed by atoms with van der Waals surface area (Å²) in [5.74, 6) is -0.742. The highest BCUT2D eigenvalue weighted by Crippen LogP contribution is 2.29. The van der Waals surface area contributed by atoms with E-state index in [1.165, 1.54) is 34.6 Å². The molecule has 0 saturated carbocycles. The Balaban J connectivity index is 1.23. The van der Waals surface area contributed by atoms with Gasteiger partial charge in [0.1, 0.15) is 4.88 Å². The van der Waals surface area contributed by atoms with E-state index < -0.39 is 0 Å². The number of benzene rings is 1. The molecule has 2 aliphatic rings. The second-order valence-corrected chi connectivity index (χ2v) is 8.41. The Kier molecular flexibility index (Phi) is 5.57. The van der Waals surface area contributed by atoms with Crippen LogP contribution in [-0.2, 0) is 17.6 Å². The fraction of sp³-hybridized carbons (Fsp3) is 0.409. The molecule has 4 rings (SSSR count). The number of thiophene rings is 1. The van der Waals surface area contributed by atoms with Gasteiger partial charge in [0, 0.05) is 11.4 Å². The van der Waals surface area contributed by atoms with Crippen molar-refractivity contribution in [2.75, 3.05) is 13.2 Å². The first-order chi connectivity index (χ1) is 13.6. The van der Waals surface area contributed by atoms with Crippen LogP contribution in [0.5, 0.6) is 0 Å². The molecule has 2 amide bonds. The van der Waals surface area contributed by atoms with Crippen molar-refractivity contribution >= 4 is 29.1 Å². The van der Waals surface area contributed by atoms with Crippen molar-refractivity contribution in [3.63, 3.8) is 0 Å². The van der Waals surface area contributed by atoms with Gasteiger partial charge in [-0.25, -0.2) is 4.79 Å². The minimum atomic E-state index is -0.265. The van der Waals surface area contributed by atoms with Gasteiger partial charge in [-0.05, 0) is 62.3 Å². The predicted molar refractivity (Wildman–Crippen MR) is 107 cm³/mol. The number of fused-ring (bicyclic) bond motifs is 2. The minimum Gasteiger partial charge on any atom is -0.462 e. The van der Waals surface area contributed by atoms with Crippen molar-refractivity contribution in [2.24, 2.45) is 0 Å². The average Bonchev–Trinajstić information content (AvgIpc) is 3.13. The first-order valence-corrected chi connectivity index (χ1v) is 10.7. The number of hydrogen-bond donors (Lipinski definition) is 0. The third-order valence-corrected chi connectivity index (χ3v) is 6.55. The first kappa shape index (κ1) is 18.9. The number of esters is 1. The number of nitrogens with zero attached hydrogens (tertiary/aromatic N) is 1. The average molecular weight is 397 g/mol. The van der Waals surface area contributed by atoms with Gasteiger partial charge in [0.15, 0.2) is 0 Å². The molecule has 0 N–H and O–H groups in total. The molecule has 0 unspecified atom stereocenters. The van der Waals surface area contributed by atoms with Gasteiger partial charge in [-0.15, -0.1) is 11.3 Å². The number of imide groups is 1.